The fraction of sp³-hybridized carbons (Fsp3) is 0.350. The molecular formula is C20H22ClNO5. The average molecular weight is 392 g/mol. The number of hydrogen-bond donors (Lipinski definition) is 1. The number of nitrogens with one attached hydrogen (secondary N) is 1. The van der Waals surface area contributed by atoms with E-state index in [0.717, 1.165) is 16.9 Å². The lowest BCUT2D eigenvalue weighted by Crippen LogP contribution is -2.24. The zero-order valence-electron chi connectivity index (χ0n) is 15.1. The topological polar surface area (TPSA) is 66.0 Å². The predicted octanol–water partition coefficient (Wildman–Crippen LogP) is 3.00. The first-order valence-electron chi connectivity index (χ1n) is 8.71. The Balaban J connectivity index is 1.50. The quantitative estimate of drug-likeness (QED) is 0.701. The number of carbonyl (C=O) groups excluding carboxylic acids is 1. The smallest absolute Gasteiger partial charge is 0.224 e. The molecule has 0 unspecified atom stereocenters. The van der Waals surface area contributed by atoms with Gasteiger partial charge in [-0.25, -0.2) is 0 Å². The number of ether oxygens (including phenoxy) is 4. The van der Waals surface area contributed by atoms with Crippen molar-refractivity contribution in [3.63, 3.8) is 0 Å². The third-order valence-corrected chi connectivity index (χ3v) is 4.27. The highest BCUT2D eigenvalue weighted by atomic mass is 35.5. The molecule has 1 aliphatic heterocycles. The number of methoxy groups -OCH3 is 1. The molecule has 1 aliphatic rings. The SMILES string of the molecule is COCCOc1ccc(CNC(=O)Cc2cc(Cl)c3c(c2)OCCO3)cc1. The van der Waals surface area contributed by atoms with Crippen molar-refractivity contribution in [3.8, 4) is 17.2 Å². The van der Waals surface area contributed by atoms with E-state index in [2.05, 4.69) is 5.32 Å². The van der Waals surface area contributed by atoms with Crippen LogP contribution in [0.15, 0.2) is 36.4 Å². The highest BCUT2D eigenvalue weighted by Crippen LogP contribution is 2.38. The summed E-state index contributed by atoms with van der Waals surface area (Å²) in [5, 5.41) is 3.36. The van der Waals surface area contributed by atoms with E-state index in [4.69, 9.17) is 30.5 Å². The normalized spacial score (nSPS) is 12.5. The third kappa shape index (κ3) is 5.52. The van der Waals surface area contributed by atoms with Crippen molar-refractivity contribution >= 4 is 17.5 Å². The van der Waals surface area contributed by atoms with Gasteiger partial charge in [-0.15, -0.1) is 0 Å². The highest BCUT2D eigenvalue weighted by molar-refractivity contribution is 6.32. The molecule has 0 bridgehead atoms. The summed E-state index contributed by atoms with van der Waals surface area (Å²) in [4.78, 5) is 12.2. The molecule has 1 amide bonds. The molecule has 0 saturated carbocycles. The number of amides is 1. The molecule has 3 rings (SSSR count). The molecule has 0 atom stereocenters. The molecule has 2 aromatic rings. The van der Waals surface area contributed by atoms with Gasteiger partial charge in [-0.3, -0.25) is 4.79 Å². The lowest BCUT2D eigenvalue weighted by atomic mass is 10.1. The third-order valence-electron chi connectivity index (χ3n) is 3.99. The van der Waals surface area contributed by atoms with Crippen LogP contribution in [-0.4, -0.2) is 39.4 Å². The summed E-state index contributed by atoms with van der Waals surface area (Å²) >= 11 is 6.21. The number of hydrogen-bond acceptors (Lipinski definition) is 5. The van der Waals surface area contributed by atoms with E-state index in [-0.39, 0.29) is 12.3 Å². The summed E-state index contributed by atoms with van der Waals surface area (Å²) in [6.07, 6.45) is 0.217. The zero-order valence-corrected chi connectivity index (χ0v) is 15.9. The standard InChI is InChI=1S/C20H22ClNO5/c1-24-6-7-25-16-4-2-14(3-5-16)13-22-19(23)12-15-10-17(21)20-18(11-15)26-8-9-27-20/h2-5,10-11H,6-9,12-13H2,1H3,(H,22,23). The Bertz CT molecular complexity index is 779. The van der Waals surface area contributed by atoms with Crippen molar-refractivity contribution in [1.82, 2.24) is 5.32 Å². The van der Waals surface area contributed by atoms with Crippen LogP contribution in [0, 0.1) is 0 Å². The van der Waals surface area contributed by atoms with Crippen LogP contribution in [0.3, 0.4) is 0 Å². The second-order valence-electron chi connectivity index (χ2n) is 6.04. The van der Waals surface area contributed by atoms with E-state index >= 15 is 0 Å². The zero-order chi connectivity index (χ0) is 19.1. The first kappa shape index (κ1) is 19.3. The molecule has 0 saturated heterocycles. The maximum atomic E-state index is 12.2. The first-order chi connectivity index (χ1) is 13.2. The van der Waals surface area contributed by atoms with Crippen LogP contribution >= 0.6 is 11.6 Å². The Hall–Kier alpha value is -2.44. The van der Waals surface area contributed by atoms with Gasteiger partial charge in [0.25, 0.3) is 0 Å². The molecular weight excluding hydrogens is 370 g/mol. The van der Waals surface area contributed by atoms with Gasteiger partial charge >= 0.3 is 0 Å². The van der Waals surface area contributed by atoms with Crippen LogP contribution in [-0.2, 0) is 22.5 Å². The number of benzene rings is 2. The fourth-order valence-electron chi connectivity index (χ4n) is 2.66. The number of rotatable bonds is 8. The fourth-order valence-corrected chi connectivity index (χ4v) is 2.95. The van der Waals surface area contributed by atoms with Crippen LogP contribution in [0.4, 0.5) is 0 Å². The molecule has 27 heavy (non-hydrogen) atoms. The second kappa shape index (κ2) is 9.48. The molecule has 6 nitrogen and oxygen atoms in total. The first-order valence-corrected chi connectivity index (χ1v) is 9.09. The maximum Gasteiger partial charge on any atom is 0.224 e. The molecule has 144 valence electrons. The van der Waals surface area contributed by atoms with Crippen molar-refractivity contribution < 1.29 is 23.7 Å². The van der Waals surface area contributed by atoms with Crippen molar-refractivity contribution in [2.75, 3.05) is 33.5 Å². The Morgan fingerprint density at radius 3 is 2.67 bits per heavy atom. The molecule has 0 radical (unpaired) electrons. The van der Waals surface area contributed by atoms with E-state index in [0.29, 0.717) is 49.5 Å². The Labute approximate surface area is 163 Å². The van der Waals surface area contributed by atoms with E-state index in [9.17, 15) is 4.79 Å². The molecule has 0 spiro atoms. The number of carbonyl (C=O) groups is 1. The van der Waals surface area contributed by atoms with E-state index in [1.54, 1.807) is 19.2 Å². The second-order valence-corrected chi connectivity index (χ2v) is 6.45. The summed E-state index contributed by atoms with van der Waals surface area (Å²) in [5.41, 5.74) is 1.77. The molecule has 2 aromatic carbocycles. The van der Waals surface area contributed by atoms with Crippen LogP contribution < -0.4 is 19.5 Å². The van der Waals surface area contributed by atoms with Crippen molar-refractivity contribution in [2.24, 2.45) is 0 Å². The average Bonchev–Trinajstić information content (AvgIpc) is 2.68. The summed E-state index contributed by atoms with van der Waals surface area (Å²) in [6, 6.07) is 11.1. The highest BCUT2D eigenvalue weighted by Gasteiger charge is 2.17. The van der Waals surface area contributed by atoms with Crippen molar-refractivity contribution in [3.05, 3.63) is 52.5 Å². The summed E-state index contributed by atoms with van der Waals surface area (Å²) in [7, 11) is 1.63. The summed E-state index contributed by atoms with van der Waals surface area (Å²) in [5.74, 6) is 1.80. The van der Waals surface area contributed by atoms with Gasteiger partial charge < -0.3 is 24.3 Å². The van der Waals surface area contributed by atoms with Gasteiger partial charge in [0, 0.05) is 13.7 Å². The molecule has 7 heteroatoms. The summed E-state index contributed by atoms with van der Waals surface area (Å²) in [6.45, 7) is 2.44. The van der Waals surface area contributed by atoms with Gasteiger partial charge in [0.2, 0.25) is 5.91 Å². The number of halogens is 1. The number of fused-ring (bicyclic) bond motifs is 1. The van der Waals surface area contributed by atoms with Gasteiger partial charge in [0.1, 0.15) is 25.6 Å². The molecule has 1 N–H and O–H groups in total. The molecule has 0 aromatic heterocycles. The van der Waals surface area contributed by atoms with Crippen LogP contribution in [0.25, 0.3) is 0 Å². The maximum absolute atomic E-state index is 12.2. The van der Waals surface area contributed by atoms with Gasteiger partial charge in [0.05, 0.1) is 18.1 Å². The van der Waals surface area contributed by atoms with Crippen LogP contribution in [0.1, 0.15) is 11.1 Å². The van der Waals surface area contributed by atoms with Crippen molar-refractivity contribution in [1.29, 1.82) is 0 Å². The monoisotopic (exact) mass is 391 g/mol. The largest absolute Gasteiger partial charge is 0.491 e. The Morgan fingerprint density at radius 1 is 1.11 bits per heavy atom. The van der Waals surface area contributed by atoms with Gasteiger partial charge in [-0.05, 0) is 35.4 Å². The van der Waals surface area contributed by atoms with Gasteiger partial charge in [-0.2, -0.15) is 0 Å². The predicted molar refractivity (Wildman–Crippen MR) is 102 cm³/mol. The lowest BCUT2D eigenvalue weighted by molar-refractivity contribution is -0.120. The van der Waals surface area contributed by atoms with E-state index < -0.39 is 0 Å². The molecule has 0 fully saturated rings. The van der Waals surface area contributed by atoms with Gasteiger partial charge in [-0.1, -0.05) is 23.7 Å². The van der Waals surface area contributed by atoms with Crippen molar-refractivity contribution in [2.45, 2.75) is 13.0 Å². The van der Waals surface area contributed by atoms with Crippen LogP contribution in [0.5, 0.6) is 17.2 Å². The summed E-state index contributed by atoms with van der Waals surface area (Å²) < 4.78 is 21.5. The lowest BCUT2D eigenvalue weighted by Gasteiger charge is -2.20. The van der Waals surface area contributed by atoms with Crippen LogP contribution in [0.2, 0.25) is 5.02 Å². The van der Waals surface area contributed by atoms with E-state index in [1.807, 2.05) is 24.3 Å². The molecule has 1 heterocycles. The van der Waals surface area contributed by atoms with E-state index in [1.165, 1.54) is 0 Å². The Morgan fingerprint density at radius 2 is 1.89 bits per heavy atom. The van der Waals surface area contributed by atoms with Gasteiger partial charge in [0.15, 0.2) is 11.5 Å². The minimum absolute atomic E-state index is 0.0943. The Kier molecular flexibility index (Phi) is 6.79. The minimum atomic E-state index is -0.0943. The minimum Gasteiger partial charge on any atom is -0.491 e. The molecule has 0 aliphatic carbocycles.